The second-order valence-corrected chi connectivity index (χ2v) is 3.92. The summed E-state index contributed by atoms with van der Waals surface area (Å²) >= 11 is 0. The van der Waals surface area contributed by atoms with Crippen molar-refractivity contribution in [2.24, 2.45) is 5.92 Å². The van der Waals surface area contributed by atoms with Gasteiger partial charge in [-0.25, -0.2) is 4.39 Å². The monoisotopic (exact) mass is 297 g/mol. The summed E-state index contributed by atoms with van der Waals surface area (Å²) < 4.78 is 13.0. The third-order valence-corrected chi connectivity index (χ3v) is 2.79. The number of nitrogens with one attached hydrogen (secondary N) is 1. The summed E-state index contributed by atoms with van der Waals surface area (Å²) in [5.41, 5.74) is 1.26. The molecule has 1 aromatic rings. The number of carbonyl (C=O) groups excluding carboxylic acids is 1. The van der Waals surface area contributed by atoms with E-state index in [2.05, 4.69) is 5.32 Å². The zero-order valence-electron chi connectivity index (χ0n) is 14.7. The maximum Gasteiger partial charge on any atom is 0.169 e. The van der Waals surface area contributed by atoms with Crippen molar-refractivity contribution in [3.8, 4) is 0 Å². The Morgan fingerprint density at radius 3 is 2.24 bits per heavy atom. The molecule has 0 bridgehead atoms. The van der Waals surface area contributed by atoms with Crippen molar-refractivity contribution >= 4 is 11.5 Å². The molecule has 2 nitrogen and oxygen atoms in total. The van der Waals surface area contributed by atoms with Crippen LogP contribution >= 0.6 is 0 Å². The minimum Gasteiger partial charge on any atom is -0.384 e. The number of halogens is 1. The van der Waals surface area contributed by atoms with Gasteiger partial charge in [0.15, 0.2) is 5.78 Å². The van der Waals surface area contributed by atoms with Gasteiger partial charge >= 0.3 is 0 Å². The topological polar surface area (TPSA) is 29.1 Å². The number of rotatable bonds is 2. The summed E-state index contributed by atoms with van der Waals surface area (Å²) in [6.45, 7) is 14.7. The normalized spacial score (nSPS) is 14.9. The van der Waals surface area contributed by atoms with Gasteiger partial charge in [-0.3, -0.25) is 4.79 Å². The van der Waals surface area contributed by atoms with Gasteiger partial charge in [0, 0.05) is 23.7 Å². The number of carbonyl (C=O) groups is 1. The highest BCUT2D eigenvalue weighted by Crippen LogP contribution is 2.27. The Kier molecular flexibility index (Phi) is 14.2. The number of fused-ring (bicyclic) bond motifs is 1. The van der Waals surface area contributed by atoms with Gasteiger partial charge in [0.2, 0.25) is 0 Å². The van der Waals surface area contributed by atoms with Gasteiger partial charge in [-0.05, 0) is 24.6 Å². The first-order chi connectivity index (χ1) is 10.2. The maximum atomic E-state index is 13.0. The predicted molar refractivity (Wildman–Crippen MR) is 91.7 cm³/mol. The first kappa shape index (κ1) is 21.9. The van der Waals surface area contributed by atoms with E-state index in [0.717, 1.165) is 18.5 Å². The van der Waals surface area contributed by atoms with Crippen molar-refractivity contribution < 1.29 is 9.18 Å². The summed E-state index contributed by atoms with van der Waals surface area (Å²) in [6.07, 6.45) is 1.84. The molecule has 1 unspecified atom stereocenters. The van der Waals surface area contributed by atoms with Crippen LogP contribution in [0.25, 0.3) is 0 Å². The molecule has 1 heterocycles. The van der Waals surface area contributed by atoms with Gasteiger partial charge in [-0.1, -0.05) is 54.9 Å². The zero-order chi connectivity index (χ0) is 16.8. The van der Waals surface area contributed by atoms with Gasteiger partial charge < -0.3 is 5.32 Å². The van der Waals surface area contributed by atoms with E-state index in [1.165, 1.54) is 12.1 Å². The molecule has 1 atom stereocenters. The van der Waals surface area contributed by atoms with Crippen LogP contribution in [-0.2, 0) is 0 Å². The molecule has 1 aliphatic heterocycles. The molecule has 1 aromatic carbocycles. The van der Waals surface area contributed by atoms with Gasteiger partial charge in [0.1, 0.15) is 5.82 Å². The minimum absolute atomic E-state index is 0.00398. The number of ketones is 1. The number of hydrogen-bond donors (Lipinski definition) is 1. The fraction of sp³-hybridized carbons (Fsp3) is 0.611. The lowest BCUT2D eigenvalue weighted by molar-refractivity contribution is 0.0915. The van der Waals surface area contributed by atoms with Crippen molar-refractivity contribution in [1.29, 1.82) is 0 Å². The molecule has 21 heavy (non-hydrogen) atoms. The third kappa shape index (κ3) is 6.74. The van der Waals surface area contributed by atoms with Gasteiger partial charge in [0.05, 0.1) is 0 Å². The third-order valence-electron chi connectivity index (χ3n) is 2.79. The first-order valence-electron chi connectivity index (χ1n) is 8.30. The molecule has 1 N–H and O–H groups in total. The number of anilines is 1. The quantitative estimate of drug-likeness (QED) is 0.733. The minimum atomic E-state index is -0.346. The van der Waals surface area contributed by atoms with E-state index in [9.17, 15) is 9.18 Å². The zero-order valence-corrected chi connectivity index (χ0v) is 14.7. The average molecular weight is 297 g/mol. The fourth-order valence-electron chi connectivity index (χ4n) is 2.00. The Labute approximate surface area is 130 Å². The molecule has 0 aliphatic carbocycles. The Bertz CT molecular complexity index is 391. The van der Waals surface area contributed by atoms with E-state index < -0.39 is 0 Å². The lowest BCUT2D eigenvalue weighted by Gasteiger charge is -2.24. The fourth-order valence-corrected chi connectivity index (χ4v) is 2.00. The van der Waals surface area contributed by atoms with Crippen LogP contribution < -0.4 is 5.32 Å². The van der Waals surface area contributed by atoms with Gasteiger partial charge in [-0.15, -0.1) is 0 Å². The van der Waals surface area contributed by atoms with Crippen molar-refractivity contribution in [3.63, 3.8) is 0 Å². The SMILES string of the molecule is CC.CC.CC.CCCC1CNc2ccc(F)cc2C1=O. The number of benzene rings is 1. The second-order valence-electron chi connectivity index (χ2n) is 3.92. The van der Waals surface area contributed by atoms with Crippen molar-refractivity contribution in [1.82, 2.24) is 0 Å². The van der Waals surface area contributed by atoms with E-state index in [0.29, 0.717) is 12.1 Å². The predicted octanol–water partition coefficient (Wildman–Crippen LogP) is 5.93. The molecule has 2 rings (SSSR count). The van der Waals surface area contributed by atoms with E-state index in [1.807, 2.05) is 48.5 Å². The van der Waals surface area contributed by atoms with Crippen LogP contribution in [0.1, 0.15) is 71.7 Å². The molecule has 1 aliphatic rings. The van der Waals surface area contributed by atoms with Crippen LogP contribution in [0.5, 0.6) is 0 Å². The largest absolute Gasteiger partial charge is 0.384 e. The standard InChI is InChI=1S/C12H14FNO.3C2H6/c1-2-3-8-7-14-11-5-4-9(13)6-10(11)12(8)15;3*1-2/h4-6,8,14H,2-3,7H2,1H3;3*1-2H3. The Morgan fingerprint density at radius 2 is 1.71 bits per heavy atom. The summed E-state index contributed by atoms with van der Waals surface area (Å²) in [7, 11) is 0. The summed E-state index contributed by atoms with van der Waals surface area (Å²) in [6, 6.07) is 4.33. The number of hydrogen-bond acceptors (Lipinski definition) is 2. The average Bonchev–Trinajstić information content (AvgIpc) is 2.56. The highest BCUT2D eigenvalue weighted by molar-refractivity contribution is 6.04. The Balaban J connectivity index is 0. The molecule has 0 fully saturated rings. The van der Waals surface area contributed by atoms with E-state index in [4.69, 9.17) is 0 Å². The lowest BCUT2D eigenvalue weighted by atomic mass is 9.89. The Hall–Kier alpha value is -1.38. The summed E-state index contributed by atoms with van der Waals surface area (Å²) in [5.74, 6) is -0.268. The van der Waals surface area contributed by atoms with Crippen LogP contribution in [-0.4, -0.2) is 12.3 Å². The van der Waals surface area contributed by atoms with Crippen LogP contribution in [0.4, 0.5) is 10.1 Å². The van der Waals surface area contributed by atoms with E-state index in [1.54, 1.807) is 6.07 Å². The van der Waals surface area contributed by atoms with E-state index in [-0.39, 0.29) is 17.5 Å². The van der Waals surface area contributed by atoms with Crippen molar-refractivity contribution in [2.75, 3.05) is 11.9 Å². The molecule has 0 saturated heterocycles. The van der Waals surface area contributed by atoms with Gasteiger partial charge in [0.25, 0.3) is 0 Å². The molecular weight excluding hydrogens is 265 g/mol. The van der Waals surface area contributed by atoms with Crippen LogP contribution in [0.2, 0.25) is 0 Å². The first-order valence-corrected chi connectivity index (χ1v) is 8.30. The summed E-state index contributed by atoms with van der Waals surface area (Å²) in [5, 5.41) is 3.17. The second kappa shape index (κ2) is 13.6. The highest BCUT2D eigenvalue weighted by Gasteiger charge is 2.26. The molecule has 3 heteroatoms. The highest BCUT2D eigenvalue weighted by atomic mass is 19.1. The number of Topliss-reactive ketones (excluding diaryl/α,β-unsaturated/α-hetero) is 1. The molecule has 0 saturated carbocycles. The summed E-state index contributed by atoms with van der Waals surface area (Å²) in [4.78, 5) is 12.0. The molecule has 0 aromatic heterocycles. The van der Waals surface area contributed by atoms with Crippen LogP contribution in [0.3, 0.4) is 0 Å². The van der Waals surface area contributed by atoms with Crippen molar-refractivity contribution in [3.05, 3.63) is 29.6 Å². The van der Waals surface area contributed by atoms with Gasteiger partial charge in [-0.2, -0.15) is 0 Å². The lowest BCUT2D eigenvalue weighted by Crippen LogP contribution is -2.29. The molecule has 0 spiro atoms. The molecule has 0 radical (unpaired) electrons. The Morgan fingerprint density at radius 1 is 1.14 bits per heavy atom. The van der Waals surface area contributed by atoms with Crippen LogP contribution in [0.15, 0.2) is 18.2 Å². The van der Waals surface area contributed by atoms with E-state index >= 15 is 0 Å². The molecular formula is C18H32FNO. The van der Waals surface area contributed by atoms with Crippen LogP contribution in [0, 0.1) is 11.7 Å². The smallest absolute Gasteiger partial charge is 0.169 e. The maximum absolute atomic E-state index is 13.0. The molecule has 0 amide bonds. The van der Waals surface area contributed by atoms with Crippen molar-refractivity contribution in [2.45, 2.75) is 61.3 Å². The molecule has 122 valence electrons.